The second-order valence-electron chi connectivity index (χ2n) is 4.24. The lowest BCUT2D eigenvalue weighted by Gasteiger charge is -2.15. The number of hydrogen-bond acceptors (Lipinski definition) is 2. The fourth-order valence-electron chi connectivity index (χ4n) is 1.92. The fourth-order valence-corrected chi connectivity index (χ4v) is 2.16. The van der Waals surface area contributed by atoms with Gasteiger partial charge in [0.15, 0.2) is 0 Å². The molecule has 1 heterocycles. The van der Waals surface area contributed by atoms with E-state index >= 15 is 0 Å². The SMILES string of the molecule is Cc1ccncc1C(N)Cc1c(F)cccc1Cl. The summed E-state index contributed by atoms with van der Waals surface area (Å²) < 4.78 is 13.7. The number of aromatic nitrogens is 1. The van der Waals surface area contributed by atoms with Gasteiger partial charge in [-0.15, -0.1) is 0 Å². The summed E-state index contributed by atoms with van der Waals surface area (Å²) in [5.41, 5.74) is 8.51. The average molecular weight is 265 g/mol. The molecule has 0 spiro atoms. The third-order valence-electron chi connectivity index (χ3n) is 2.96. The molecule has 0 saturated heterocycles. The van der Waals surface area contributed by atoms with Crippen LogP contribution >= 0.6 is 11.6 Å². The third-order valence-corrected chi connectivity index (χ3v) is 3.32. The minimum absolute atomic E-state index is 0.312. The molecule has 0 amide bonds. The molecular weight excluding hydrogens is 251 g/mol. The Bertz CT molecular complexity index is 537. The molecule has 94 valence electrons. The fraction of sp³-hybridized carbons (Fsp3) is 0.214. The molecule has 0 radical (unpaired) electrons. The predicted molar refractivity (Wildman–Crippen MR) is 71.0 cm³/mol. The molecule has 4 heteroatoms. The van der Waals surface area contributed by atoms with Crippen LogP contribution < -0.4 is 5.73 Å². The number of pyridine rings is 1. The van der Waals surface area contributed by atoms with Crippen molar-refractivity contribution >= 4 is 11.6 Å². The zero-order valence-corrected chi connectivity index (χ0v) is 10.8. The second-order valence-corrected chi connectivity index (χ2v) is 4.65. The molecule has 1 aromatic heterocycles. The first-order valence-electron chi connectivity index (χ1n) is 5.68. The van der Waals surface area contributed by atoms with Gasteiger partial charge in [-0.25, -0.2) is 4.39 Å². The van der Waals surface area contributed by atoms with Gasteiger partial charge in [-0.2, -0.15) is 0 Å². The Morgan fingerprint density at radius 2 is 2.17 bits per heavy atom. The van der Waals surface area contributed by atoms with Gasteiger partial charge in [-0.05, 0) is 42.7 Å². The van der Waals surface area contributed by atoms with Crippen LogP contribution in [0.1, 0.15) is 22.7 Å². The van der Waals surface area contributed by atoms with Crippen LogP contribution in [0.5, 0.6) is 0 Å². The van der Waals surface area contributed by atoms with Crippen LogP contribution in [-0.4, -0.2) is 4.98 Å². The maximum Gasteiger partial charge on any atom is 0.127 e. The Morgan fingerprint density at radius 3 is 2.83 bits per heavy atom. The van der Waals surface area contributed by atoms with E-state index in [-0.39, 0.29) is 11.9 Å². The summed E-state index contributed by atoms with van der Waals surface area (Å²) in [4.78, 5) is 4.05. The van der Waals surface area contributed by atoms with Crippen molar-refractivity contribution in [2.45, 2.75) is 19.4 Å². The van der Waals surface area contributed by atoms with E-state index in [1.165, 1.54) is 6.07 Å². The van der Waals surface area contributed by atoms with E-state index in [1.807, 2.05) is 13.0 Å². The van der Waals surface area contributed by atoms with Crippen LogP contribution in [0.2, 0.25) is 5.02 Å². The zero-order chi connectivity index (χ0) is 13.1. The lowest BCUT2D eigenvalue weighted by molar-refractivity contribution is 0.592. The van der Waals surface area contributed by atoms with Crippen molar-refractivity contribution in [2.24, 2.45) is 5.73 Å². The Balaban J connectivity index is 2.27. The highest BCUT2D eigenvalue weighted by Gasteiger charge is 2.14. The average Bonchev–Trinajstić information content (AvgIpc) is 2.34. The Labute approximate surface area is 111 Å². The van der Waals surface area contributed by atoms with Crippen LogP contribution in [0.3, 0.4) is 0 Å². The summed E-state index contributed by atoms with van der Waals surface area (Å²) >= 11 is 5.99. The summed E-state index contributed by atoms with van der Waals surface area (Å²) in [6.07, 6.45) is 3.79. The minimum Gasteiger partial charge on any atom is -0.324 e. The first-order valence-corrected chi connectivity index (χ1v) is 6.06. The number of nitrogens with two attached hydrogens (primary N) is 1. The van der Waals surface area contributed by atoms with E-state index in [2.05, 4.69) is 4.98 Å². The molecule has 0 aliphatic heterocycles. The van der Waals surface area contributed by atoms with Gasteiger partial charge < -0.3 is 5.73 Å². The minimum atomic E-state index is -0.320. The first-order chi connectivity index (χ1) is 8.59. The maximum atomic E-state index is 13.7. The van der Waals surface area contributed by atoms with Crippen molar-refractivity contribution in [2.75, 3.05) is 0 Å². The van der Waals surface area contributed by atoms with Crippen molar-refractivity contribution in [1.29, 1.82) is 0 Å². The number of aryl methyl sites for hydroxylation is 1. The molecule has 0 aliphatic rings. The number of nitrogens with zero attached hydrogens (tertiary/aromatic N) is 1. The molecule has 2 rings (SSSR count). The van der Waals surface area contributed by atoms with Gasteiger partial charge in [0.1, 0.15) is 5.82 Å². The molecule has 2 nitrogen and oxygen atoms in total. The molecule has 0 saturated carbocycles. The Hall–Kier alpha value is -1.45. The zero-order valence-electron chi connectivity index (χ0n) is 10.0. The summed E-state index contributed by atoms with van der Waals surface area (Å²) in [7, 11) is 0. The molecule has 18 heavy (non-hydrogen) atoms. The number of halogens is 2. The van der Waals surface area contributed by atoms with Crippen LogP contribution in [0.15, 0.2) is 36.7 Å². The van der Waals surface area contributed by atoms with Gasteiger partial charge in [0.05, 0.1) is 0 Å². The van der Waals surface area contributed by atoms with E-state index in [1.54, 1.807) is 24.5 Å². The molecule has 0 fully saturated rings. The van der Waals surface area contributed by atoms with Crippen molar-refractivity contribution in [1.82, 2.24) is 4.98 Å². The summed E-state index contributed by atoms with van der Waals surface area (Å²) in [6.45, 7) is 1.96. The predicted octanol–water partition coefficient (Wildman–Crippen LogP) is 3.43. The van der Waals surface area contributed by atoms with Gasteiger partial charge in [0.2, 0.25) is 0 Å². The highest BCUT2D eigenvalue weighted by Crippen LogP contribution is 2.25. The van der Waals surface area contributed by atoms with E-state index in [9.17, 15) is 4.39 Å². The van der Waals surface area contributed by atoms with E-state index in [0.29, 0.717) is 17.0 Å². The van der Waals surface area contributed by atoms with E-state index in [0.717, 1.165) is 11.1 Å². The topological polar surface area (TPSA) is 38.9 Å². The lowest BCUT2D eigenvalue weighted by Crippen LogP contribution is -2.16. The lowest BCUT2D eigenvalue weighted by atomic mass is 9.97. The maximum absolute atomic E-state index is 13.7. The smallest absolute Gasteiger partial charge is 0.127 e. The first kappa shape index (κ1) is 13.0. The highest BCUT2D eigenvalue weighted by molar-refractivity contribution is 6.31. The third kappa shape index (κ3) is 2.68. The quantitative estimate of drug-likeness (QED) is 0.923. The molecule has 0 aliphatic carbocycles. The second kappa shape index (κ2) is 5.46. The van der Waals surface area contributed by atoms with Crippen LogP contribution in [0.25, 0.3) is 0 Å². The highest BCUT2D eigenvalue weighted by atomic mass is 35.5. The largest absolute Gasteiger partial charge is 0.324 e. The standard InChI is InChI=1S/C14H14ClFN2/c1-9-5-6-18-8-11(9)14(17)7-10-12(15)3-2-4-13(10)16/h2-6,8,14H,7,17H2,1H3. The Kier molecular flexibility index (Phi) is 3.94. The number of rotatable bonds is 3. The van der Waals surface area contributed by atoms with Gasteiger partial charge in [0, 0.05) is 29.0 Å². The Morgan fingerprint density at radius 1 is 1.39 bits per heavy atom. The molecule has 2 aromatic rings. The molecule has 1 unspecified atom stereocenters. The van der Waals surface area contributed by atoms with Gasteiger partial charge >= 0.3 is 0 Å². The van der Waals surface area contributed by atoms with Crippen molar-refractivity contribution in [3.63, 3.8) is 0 Å². The van der Waals surface area contributed by atoms with Gasteiger partial charge in [-0.3, -0.25) is 4.98 Å². The number of hydrogen-bond donors (Lipinski definition) is 1. The van der Waals surface area contributed by atoms with Crippen molar-refractivity contribution in [3.8, 4) is 0 Å². The van der Waals surface area contributed by atoms with Crippen LogP contribution in [0, 0.1) is 12.7 Å². The summed E-state index contributed by atoms with van der Waals surface area (Å²) in [5, 5.41) is 0.409. The molecular formula is C14H14ClFN2. The normalized spacial score (nSPS) is 12.4. The van der Waals surface area contributed by atoms with Crippen molar-refractivity contribution in [3.05, 3.63) is 64.2 Å². The van der Waals surface area contributed by atoms with Crippen LogP contribution in [0.4, 0.5) is 4.39 Å². The molecule has 1 atom stereocenters. The van der Waals surface area contributed by atoms with Gasteiger partial charge in [0.25, 0.3) is 0 Å². The van der Waals surface area contributed by atoms with Crippen molar-refractivity contribution < 1.29 is 4.39 Å². The summed E-state index contributed by atoms with van der Waals surface area (Å²) in [6, 6.07) is 6.22. The van der Waals surface area contributed by atoms with E-state index < -0.39 is 0 Å². The van der Waals surface area contributed by atoms with E-state index in [4.69, 9.17) is 17.3 Å². The number of benzene rings is 1. The summed E-state index contributed by atoms with van der Waals surface area (Å²) in [5.74, 6) is -0.320. The molecule has 1 aromatic carbocycles. The van der Waals surface area contributed by atoms with Crippen LogP contribution in [-0.2, 0) is 6.42 Å². The van der Waals surface area contributed by atoms with Gasteiger partial charge in [-0.1, -0.05) is 17.7 Å². The molecule has 0 bridgehead atoms. The monoisotopic (exact) mass is 264 g/mol. The molecule has 2 N–H and O–H groups in total.